The van der Waals surface area contributed by atoms with Gasteiger partial charge in [-0.2, -0.15) is 0 Å². The highest BCUT2D eigenvalue weighted by Gasteiger charge is 2.33. The quantitative estimate of drug-likeness (QED) is 0.133. The van der Waals surface area contributed by atoms with E-state index in [4.69, 9.17) is 18.9 Å². The topological polar surface area (TPSA) is 115 Å². The molecule has 1 unspecified atom stereocenters. The van der Waals surface area contributed by atoms with Gasteiger partial charge in [0.15, 0.2) is 0 Å². The molecule has 43 heavy (non-hydrogen) atoms. The first-order valence-corrected chi connectivity index (χ1v) is 15.9. The molecule has 2 N–H and O–H groups in total. The van der Waals surface area contributed by atoms with Gasteiger partial charge in [0, 0.05) is 36.7 Å². The summed E-state index contributed by atoms with van der Waals surface area (Å²) in [5.74, 6) is -0.0463. The summed E-state index contributed by atoms with van der Waals surface area (Å²) in [6.07, 6.45) is 8.90. The SMILES string of the molecule is CCCCC(CC)NC(=O)Nc1c(C/C=C(\C)CCC(=O)OCCCCN2CCOCC2)c(OC)c(C)c2c1C(=O)OC2. The number of ether oxygens (including phenoxy) is 4. The lowest BCUT2D eigenvalue weighted by atomic mass is 9.93. The molecule has 2 aliphatic heterocycles. The molecule has 240 valence electrons. The minimum atomic E-state index is -0.455. The number of benzene rings is 1. The second kappa shape index (κ2) is 17.9. The van der Waals surface area contributed by atoms with Crippen LogP contribution >= 0.6 is 0 Å². The molecular weight excluding hydrogens is 550 g/mol. The third-order valence-electron chi connectivity index (χ3n) is 8.26. The first-order chi connectivity index (χ1) is 20.8. The number of unbranched alkanes of at least 4 members (excludes halogenated alkanes) is 2. The summed E-state index contributed by atoms with van der Waals surface area (Å²) in [4.78, 5) is 40.7. The van der Waals surface area contributed by atoms with E-state index in [0.717, 1.165) is 88.1 Å². The van der Waals surface area contributed by atoms with Crippen LogP contribution in [0.4, 0.5) is 10.5 Å². The smallest absolute Gasteiger partial charge is 0.341 e. The average Bonchev–Trinajstić information content (AvgIpc) is 3.40. The van der Waals surface area contributed by atoms with Gasteiger partial charge in [-0.15, -0.1) is 0 Å². The van der Waals surface area contributed by atoms with Crippen LogP contribution in [0.5, 0.6) is 5.75 Å². The van der Waals surface area contributed by atoms with Crippen molar-refractivity contribution in [1.82, 2.24) is 10.2 Å². The molecule has 1 aromatic carbocycles. The Labute approximate surface area is 256 Å². The Morgan fingerprint density at radius 3 is 2.58 bits per heavy atom. The van der Waals surface area contributed by atoms with Crippen molar-refractivity contribution in [2.24, 2.45) is 0 Å². The number of carbonyl (C=O) groups is 3. The predicted octanol–water partition coefficient (Wildman–Crippen LogP) is 5.69. The van der Waals surface area contributed by atoms with Gasteiger partial charge in [-0.05, 0) is 64.5 Å². The van der Waals surface area contributed by atoms with Crippen LogP contribution < -0.4 is 15.4 Å². The van der Waals surface area contributed by atoms with E-state index in [1.165, 1.54) is 0 Å². The van der Waals surface area contributed by atoms with Crippen LogP contribution in [0.1, 0.15) is 99.2 Å². The number of urea groups is 1. The van der Waals surface area contributed by atoms with Crippen molar-refractivity contribution in [3.8, 4) is 5.75 Å². The van der Waals surface area contributed by atoms with Gasteiger partial charge in [0.25, 0.3) is 0 Å². The number of morpholine rings is 1. The standard InChI is InChI=1S/C33H51N3O7/c1-6-8-11-25(7-2)34-33(39)35-30-26(31(40-5)24(4)27-22-43-32(38)29(27)30)14-12-23(3)13-15-28(37)42-19-10-9-16-36-17-20-41-21-18-36/h12,25H,6-11,13-22H2,1-5H3,(H2,34,35,39)/b23-12+. The van der Waals surface area contributed by atoms with E-state index in [0.29, 0.717) is 48.4 Å². The summed E-state index contributed by atoms with van der Waals surface area (Å²) in [5, 5.41) is 6.03. The molecule has 2 amide bonds. The van der Waals surface area contributed by atoms with Crippen LogP contribution in [-0.4, -0.2) is 75.5 Å². The maximum absolute atomic E-state index is 13.1. The lowest BCUT2D eigenvalue weighted by Crippen LogP contribution is -2.38. The first kappa shape index (κ1) is 34.4. The number of nitrogens with one attached hydrogen (secondary N) is 2. The zero-order chi connectivity index (χ0) is 31.2. The van der Waals surface area contributed by atoms with E-state index in [1.807, 2.05) is 26.8 Å². The summed E-state index contributed by atoms with van der Waals surface area (Å²) in [7, 11) is 1.59. The van der Waals surface area contributed by atoms with Crippen molar-refractivity contribution < 1.29 is 33.3 Å². The lowest BCUT2D eigenvalue weighted by Gasteiger charge is -2.26. The number of esters is 2. The van der Waals surface area contributed by atoms with Crippen LogP contribution in [0.2, 0.25) is 0 Å². The minimum absolute atomic E-state index is 0.0439. The molecule has 10 heteroatoms. The van der Waals surface area contributed by atoms with Gasteiger partial charge < -0.3 is 29.6 Å². The van der Waals surface area contributed by atoms with Crippen LogP contribution in [0, 0.1) is 6.92 Å². The Morgan fingerprint density at radius 2 is 1.88 bits per heavy atom. The van der Waals surface area contributed by atoms with Gasteiger partial charge in [0.05, 0.1) is 38.2 Å². The van der Waals surface area contributed by atoms with Gasteiger partial charge in [0.1, 0.15) is 12.4 Å². The van der Waals surface area contributed by atoms with E-state index in [1.54, 1.807) is 7.11 Å². The third kappa shape index (κ3) is 10.2. The Bertz CT molecular complexity index is 1130. The van der Waals surface area contributed by atoms with Gasteiger partial charge in [-0.25, -0.2) is 9.59 Å². The molecule has 2 heterocycles. The fraction of sp³-hybridized carbons (Fsp3) is 0.667. The van der Waals surface area contributed by atoms with Crippen LogP contribution in [0.25, 0.3) is 0 Å². The largest absolute Gasteiger partial charge is 0.496 e. The van der Waals surface area contributed by atoms with Crippen molar-refractivity contribution in [2.45, 2.75) is 98.1 Å². The first-order valence-electron chi connectivity index (χ1n) is 15.9. The number of cyclic esters (lactones) is 1. The fourth-order valence-corrected chi connectivity index (χ4v) is 5.55. The highest BCUT2D eigenvalue weighted by Crippen LogP contribution is 2.41. The number of methoxy groups -OCH3 is 1. The second-order valence-corrected chi connectivity index (χ2v) is 11.4. The van der Waals surface area contributed by atoms with Crippen molar-refractivity contribution in [2.75, 3.05) is 51.9 Å². The van der Waals surface area contributed by atoms with Crippen LogP contribution in [0.15, 0.2) is 11.6 Å². The minimum Gasteiger partial charge on any atom is -0.496 e. The van der Waals surface area contributed by atoms with Gasteiger partial charge >= 0.3 is 18.0 Å². The number of anilines is 1. The zero-order valence-corrected chi connectivity index (χ0v) is 26.8. The van der Waals surface area contributed by atoms with Crippen molar-refractivity contribution in [3.63, 3.8) is 0 Å². The number of nitrogens with zero attached hydrogens (tertiary/aromatic N) is 1. The maximum Gasteiger partial charge on any atom is 0.341 e. The van der Waals surface area contributed by atoms with E-state index in [2.05, 4.69) is 22.5 Å². The van der Waals surface area contributed by atoms with Crippen LogP contribution in [-0.2, 0) is 32.0 Å². The molecule has 0 aromatic heterocycles. The summed E-state index contributed by atoms with van der Waals surface area (Å²) >= 11 is 0. The molecule has 0 saturated carbocycles. The van der Waals surface area contributed by atoms with E-state index < -0.39 is 5.97 Å². The maximum atomic E-state index is 13.1. The van der Waals surface area contributed by atoms with E-state index in [9.17, 15) is 14.4 Å². The second-order valence-electron chi connectivity index (χ2n) is 11.4. The number of fused-ring (bicyclic) bond motifs is 1. The highest BCUT2D eigenvalue weighted by atomic mass is 16.5. The van der Waals surface area contributed by atoms with Gasteiger partial charge in [-0.1, -0.05) is 38.3 Å². The Hall–Kier alpha value is -3.11. The van der Waals surface area contributed by atoms with Crippen molar-refractivity contribution in [1.29, 1.82) is 0 Å². The van der Waals surface area contributed by atoms with Gasteiger partial charge in [-0.3, -0.25) is 9.69 Å². The number of allylic oxidation sites excluding steroid dienone is 2. The Morgan fingerprint density at radius 1 is 1.12 bits per heavy atom. The zero-order valence-electron chi connectivity index (χ0n) is 26.8. The Kier molecular flexibility index (Phi) is 14.3. The number of amides is 2. The predicted molar refractivity (Wildman–Crippen MR) is 167 cm³/mol. The third-order valence-corrected chi connectivity index (χ3v) is 8.26. The summed E-state index contributed by atoms with van der Waals surface area (Å²) < 4.78 is 22.0. The average molecular weight is 602 g/mol. The van der Waals surface area contributed by atoms with Gasteiger partial charge in [0.2, 0.25) is 0 Å². The highest BCUT2D eigenvalue weighted by molar-refractivity contribution is 6.05. The van der Waals surface area contributed by atoms with E-state index >= 15 is 0 Å². The summed E-state index contributed by atoms with van der Waals surface area (Å²) in [5.41, 5.74) is 4.07. The molecule has 0 radical (unpaired) electrons. The van der Waals surface area contributed by atoms with E-state index in [-0.39, 0.29) is 24.6 Å². The van der Waals surface area contributed by atoms with Crippen molar-refractivity contribution >= 4 is 23.7 Å². The monoisotopic (exact) mass is 601 g/mol. The summed E-state index contributed by atoms with van der Waals surface area (Å²) in [6, 6.07) is -0.312. The lowest BCUT2D eigenvalue weighted by molar-refractivity contribution is -0.143. The number of carbonyl (C=O) groups excluding carboxylic acids is 3. The Balaban J connectivity index is 1.62. The number of hydrogen-bond acceptors (Lipinski definition) is 8. The summed E-state index contributed by atoms with van der Waals surface area (Å²) in [6.45, 7) is 13.1. The fourth-order valence-electron chi connectivity index (χ4n) is 5.55. The number of rotatable bonds is 17. The molecule has 1 aromatic rings. The van der Waals surface area contributed by atoms with Crippen molar-refractivity contribution in [3.05, 3.63) is 33.9 Å². The molecule has 10 nitrogen and oxygen atoms in total. The molecule has 2 aliphatic rings. The molecule has 1 fully saturated rings. The molecule has 1 atom stereocenters. The molecule has 0 spiro atoms. The van der Waals surface area contributed by atoms with Crippen LogP contribution in [0.3, 0.4) is 0 Å². The molecule has 0 bridgehead atoms. The number of hydrogen-bond donors (Lipinski definition) is 2. The molecule has 1 saturated heterocycles. The molecular formula is C33H51N3O7. The molecule has 3 rings (SSSR count). The molecule has 0 aliphatic carbocycles. The normalized spacial score (nSPS) is 15.9.